The minimum atomic E-state index is -0.376. The van der Waals surface area contributed by atoms with Gasteiger partial charge in [-0.25, -0.2) is 5.84 Å². The van der Waals surface area contributed by atoms with Crippen LogP contribution < -0.4 is 11.3 Å². The van der Waals surface area contributed by atoms with Crippen LogP contribution in [0.4, 0.5) is 0 Å². The molecule has 0 spiro atoms. The zero-order valence-corrected chi connectivity index (χ0v) is 8.69. The molecule has 0 saturated heterocycles. The van der Waals surface area contributed by atoms with E-state index in [9.17, 15) is 4.79 Å². The van der Waals surface area contributed by atoms with E-state index in [2.05, 4.69) is 17.4 Å². The van der Waals surface area contributed by atoms with Crippen molar-refractivity contribution in [3.05, 3.63) is 23.7 Å². The number of nitrogens with zero attached hydrogens (tertiary/aromatic N) is 1. The van der Waals surface area contributed by atoms with Gasteiger partial charge in [0.05, 0.1) is 6.26 Å². The molecule has 5 heteroatoms. The second kappa shape index (κ2) is 4.04. The normalized spacial score (nSPS) is 15.7. The van der Waals surface area contributed by atoms with Gasteiger partial charge in [0.15, 0.2) is 5.76 Å². The highest BCUT2D eigenvalue weighted by Gasteiger charge is 2.27. The van der Waals surface area contributed by atoms with Crippen LogP contribution in [0.5, 0.6) is 0 Å². The van der Waals surface area contributed by atoms with Crippen molar-refractivity contribution in [2.24, 2.45) is 5.84 Å². The Morgan fingerprint density at radius 1 is 1.73 bits per heavy atom. The van der Waals surface area contributed by atoms with E-state index < -0.39 is 0 Å². The molecule has 3 N–H and O–H groups in total. The molecular formula is C10H15N3O2. The van der Waals surface area contributed by atoms with Crippen LogP contribution in [-0.4, -0.2) is 23.9 Å². The second-order valence-corrected chi connectivity index (χ2v) is 3.89. The number of hydrogen-bond acceptors (Lipinski definition) is 4. The maximum absolute atomic E-state index is 11.3. The Hall–Kier alpha value is -1.33. The Morgan fingerprint density at radius 3 is 3.07 bits per heavy atom. The number of rotatable bonds is 4. The smallest absolute Gasteiger partial charge is 0.301 e. The fourth-order valence-corrected chi connectivity index (χ4v) is 1.64. The summed E-state index contributed by atoms with van der Waals surface area (Å²) in [4.78, 5) is 13.5. The van der Waals surface area contributed by atoms with Crippen LogP contribution in [0.2, 0.25) is 0 Å². The third-order valence-corrected chi connectivity index (χ3v) is 2.67. The Balaban J connectivity index is 2.06. The molecule has 0 unspecified atom stereocenters. The van der Waals surface area contributed by atoms with Gasteiger partial charge in [0.2, 0.25) is 0 Å². The Kier molecular flexibility index (Phi) is 2.75. The monoisotopic (exact) mass is 209 g/mol. The second-order valence-electron chi connectivity index (χ2n) is 3.89. The van der Waals surface area contributed by atoms with E-state index >= 15 is 0 Å². The molecule has 2 rings (SSSR count). The van der Waals surface area contributed by atoms with Gasteiger partial charge in [-0.1, -0.05) is 0 Å². The number of nitrogens with one attached hydrogen (secondary N) is 1. The van der Waals surface area contributed by atoms with Crippen molar-refractivity contribution in [3.8, 4) is 0 Å². The van der Waals surface area contributed by atoms with Gasteiger partial charge in [-0.3, -0.25) is 15.1 Å². The van der Waals surface area contributed by atoms with E-state index in [0.717, 1.165) is 12.1 Å². The number of nitrogens with two attached hydrogens (primary N) is 1. The predicted molar refractivity (Wildman–Crippen MR) is 54.9 cm³/mol. The Labute approximate surface area is 88.2 Å². The van der Waals surface area contributed by atoms with E-state index in [-0.39, 0.29) is 5.91 Å². The molecule has 0 bridgehead atoms. The maximum atomic E-state index is 11.3. The molecule has 82 valence electrons. The van der Waals surface area contributed by atoms with Crippen LogP contribution in [-0.2, 0) is 6.54 Å². The summed E-state index contributed by atoms with van der Waals surface area (Å²) in [7, 11) is 2.05. The first-order valence-corrected chi connectivity index (χ1v) is 5.00. The number of nitrogen functional groups attached to an aromatic ring is 1. The van der Waals surface area contributed by atoms with Crippen LogP contribution in [0.3, 0.4) is 0 Å². The molecule has 1 aromatic rings. The molecule has 15 heavy (non-hydrogen) atoms. The van der Waals surface area contributed by atoms with Crippen molar-refractivity contribution in [3.63, 3.8) is 0 Å². The first kappa shape index (κ1) is 10.2. The fraction of sp³-hybridized carbons (Fsp3) is 0.500. The summed E-state index contributed by atoms with van der Waals surface area (Å²) in [5, 5.41) is 0. The Morgan fingerprint density at radius 2 is 2.47 bits per heavy atom. The summed E-state index contributed by atoms with van der Waals surface area (Å²) in [5.41, 5.74) is 2.96. The van der Waals surface area contributed by atoms with Gasteiger partial charge in [0.1, 0.15) is 0 Å². The predicted octanol–water partition coefficient (Wildman–Crippen LogP) is 0.477. The fourth-order valence-electron chi connectivity index (χ4n) is 1.64. The van der Waals surface area contributed by atoms with E-state index in [1.165, 1.54) is 19.1 Å². The van der Waals surface area contributed by atoms with Crippen LogP contribution in [0.25, 0.3) is 0 Å². The van der Waals surface area contributed by atoms with Gasteiger partial charge in [0, 0.05) is 18.2 Å². The lowest BCUT2D eigenvalue weighted by atomic mass is 10.2. The SMILES string of the molecule is CN(Cc1ccoc1C(=O)NN)C1CC1. The highest BCUT2D eigenvalue weighted by atomic mass is 16.3. The van der Waals surface area contributed by atoms with Crippen LogP contribution in [0.1, 0.15) is 29.0 Å². The number of furan rings is 1. The zero-order chi connectivity index (χ0) is 10.8. The van der Waals surface area contributed by atoms with Crippen molar-refractivity contribution in [1.29, 1.82) is 0 Å². The summed E-state index contributed by atoms with van der Waals surface area (Å²) >= 11 is 0. The lowest BCUT2D eigenvalue weighted by Crippen LogP contribution is -2.31. The van der Waals surface area contributed by atoms with Crippen molar-refractivity contribution in [2.75, 3.05) is 7.05 Å². The van der Waals surface area contributed by atoms with Crippen molar-refractivity contribution < 1.29 is 9.21 Å². The van der Waals surface area contributed by atoms with E-state index in [1.54, 1.807) is 0 Å². The number of carbonyl (C=O) groups excluding carboxylic acids is 1. The lowest BCUT2D eigenvalue weighted by molar-refractivity contribution is 0.0923. The molecule has 1 aliphatic carbocycles. The summed E-state index contributed by atoms with van der Waals surface area (Å²) in [6.45, 7) is 0.726. The molecule has 0 radical (unpaired) electrons. The van der Waals surface area contributed by atoms with Gasteiger partial charge in [-0.15, -0.1) is 0 Å². The van der Waals surface area contributed by atoms with Gasteiger partial charge in [0.25, 0.3) is 0 Å². The lowest BCUT2D eigenvalue weighted by Gasteiger charge is -2.14. The summed E-state index contributed by atoms with van der Waals surface area (Å²) in [6, 6.07) is 2.47. The van der Waals surface area contributed by atoms with Gasteiger partial charge < -0.3 is 4.42 Å². The first-order valence-electron chi connectivity index (χ1n) is 5.00. The largest absolute Gasteiger partial charge is 0.459 e. The zero-order valence-electron chi connectivity index (χ0n) is 8.69. The maximum Gasteiger partial charge on any atom is 0.301 e. The van der Waals surface area contributed by atoms with Crippen molar-refractivity contribution >= 4 is 5.91 Å². The molecule has 0 atom stereocenters. The van der Waals surface area contributed by atoms with E-state index in [1.807, 2.05) is 6.07 Å². The molecule has 1 saturated carbocycles. The van der Waals surface area contributed by atoms with Crippen molar-refractivity contribution in [1.82, 2.24) is 10.3 Å². The number of amides is 1. The summed E-state index contributed by atoms with van der Waals surface area (Å²) in [5.74, 6) is 5.00. The third-order valence-electron chi connectivity index (χ3n) is 2.67. The van der Waals surface area contributed by atoms with E-state index in [4.69, 9.17) is 10.3 Å². The van der Waals surface area contributed by atoms with Crippen LogP contribution >= 0.6 is 0 Å². The Bertz CT molecular complexity index is 357. The first-order chi connectivity index (χ1) is 7.22. The minimum absolute atomic E-state index is 0.310. The highest BCUT2D eigenvalue weighted by Crippen LogP contribution is 2.27. The minimum Gasteiger partial charge on any atom is -0.459 e. The van der Waals surface area contributed by atoms with Crippen molar-refractivity contribution in [2.45, 2.75) is 25.4 Å². The quantitative estimate of drug-likeness (QED) is 0.430. The number of hydrazine groups is 1. The topological polar surface area (TPSA) is 71.5 Å². The molecule has 1 fully saturated rings. The highest BCUT2D eigenvalue weighted by molar-refractivity contribution is 5.92. The molecule has 1 heterocycles. The van der Waals surface area contributed by atoms with Gasteiger partial charge >= 0.3 is 5.91 Å². The van der Waals surface area contributed by atoms with Gasteiger partial charge in [-0.2, -0.15) is 0 Å². The van der Waals surface area contributed by atoms with Crippen LogP contribution in [0.15, 0.2) is 16.7 Å². The molecule has 5 nitrogen and oxygen atoms in total. The number of carbonyl (C=O) groups is 1. The number of hydrogen-bond donors (Lipinski definition) is 2. The van der Waals surface area contributed by atoms with Gasteiger partial charge in [-0.05, 0) is 26.0 Å². The average molecular weight is 209 g/mol. The molecule has 0 aliphatic heterocycles. The summed E-state index contributed by atoms with van der Waals surface area (Å²) in [6.07, 6.45) is 4.00. The molecule has 1 aromatic heterocycles. The molecular weight excluding hydrogens is 194 g/mol. The molecule has 1 amide bonds. The molecule has 0 aromatic carbocycles. The molecule has 1 aliphatic rings. The standard InChI is InChI=1S/C10H15N3O2/c1-13(8-2-3-8)6-7-4-5-15-9(7)10(14)12-11/h4-5,8H,2-3,6,11H2,1H3,(H,12,14). The van der Waals surface area contributed by atoms with E-state index in [0.29, 0.717) is 11.8 Å². The van der Waals surface area contributed by atoms with Crippen LogP contribution in [0, 0.1) is 0 Å². The average Bonchev–Trinajstić information content (AvgIpc) is 2.99. The third kappa shape index (κ3) is 2.19. The summed E-state index contributed by atoms with van der Waals surface area (Å²) < 4.78 is 5.10.